The smallest absolute Gasteiger partial charge is 0.165 e. The van der Waals surface area contributed by atoms with Gasteiger partial charge in [-0.3, -0.25) is 0 Å². The molecular weight excluding hydrogens is 407 g/mol. The number of rotatable bonds is 15. The summed E-state index contributed by atoms with van der Waals surface area (Å²) in [5.74, 6) is 1.03. The normalized spacial score (nSPS) is 14.5. The first kappa shape index (κ1) is 25.8. The van der Waals surface area contributed by atoms with Crippen molar-refractivity contribution in [2.45, 2.75) is 110 Å². The summed E-state index contributed by atoms with van der Waals surface area (Å²) in [5, 5.41) is 0. The van der Waals surface area contributed by atoms with E-state index in [1.807, 2.05) is 6.07 Å². The second-order valence-electron chi connectivity index (χ2n) is 10.1. The largest absolute Gasteiger partial charge is 0.491 e. The van der Waals surface area contributed by atoms with Crippen molar-refractivity contribution in [2.75, 3.05) is 6.61 Å². The Morgan fingerprint density at radius 2 is 1.39 bits per heavy atom. The molecule has 1 aliphatic rings. The van der Waals surface area contributed by atoms with Crippen LogP contribution in [0.1, 0.15) is 109 Å². The highest BCUT2D eigenvalue weighted by atomic mass is 19.1. The average molecular weight is 453 g/mol. The molecule has 0 aromatic heterocycles. The molecule has 0 N–H and O–H groups in total. The Hall–Kier alpha value is -1.83. The quantitative estimate of drug-likeness (QED) is 0.244. The van der Waals surface area contributed by atoms with Crippen LogP contribution < -0.4 is 4.74 Å². The number of halogens is 1. The van der Waals surface area contributed by atoms with Gasteiger partial charge in [-0.1, -0.05) is 121 Å². The van der Waals surface area contributed by atoms with Crippen LogP contribution in [0, 0.1) is 11.7 Å². The molecule has 0 spiro atoms. The molecule has 2 heteroatoms. The number of hydrogen-bond donors (Lipinski definition) is 0. The molecule has 0 radical (unpaired) electrons. The number of benzene rings is 2. The van der Waals surface area contributed by atoms with Gasteiger partial charge < -0.3 is 4.74 Å². The van der Waals surface area contributed by atoms with Gasteiger partial charge in [-0.05, 0) is 54.0 Å². The predicted molar refractivity (Wildman–Crippen MR) is 139 cm³/mol. The molecule has 3 rings (SSSR count). The van der Waals surface area contributed by atoms with E-state index >= 15 is 0 Å². The third kappa shape index (κ3) is 9.51. The zero-order valence-corrected chi connectivity index (χ0v) is 20.9. The highest BCUT2D eigenvalue weighted by molar-refractivity contribution is 5.64. The maximum Gasteiger partial charge on any atom is 0.165 e. The molecule has 2 aromatic carbocycles. The summed E-state index contributed by atoms with van der Waals surface area (Å²) in [6, 6.07) is 14.1. The molecule has 0 saturated heterocycles. The minimum Gasteiger partial charge on any atom is -0.491 e. The zero-order valence-electron chi connectivity index (χ0n) is 20.9. The van der Waals surface area contributed by atoms with Crippen molar-refractivity contribution in [1.29, 1.82) is 0 Å². The van der Waals surface area contributed by atoms with Crippen molar-refractivity contribution in [3.8, 4) is 16.9 Å². The first-order chi connectivity index (χ1) is 16.3. The van der Waals surface area contributed by atoms with E-state index < -0.39 is 0 Å². The number of ether oxygens (including phenoxy) is 1. The van der Waals surface area contributed by atoms with E-state index in [4.69, 9.17) is 4.74 Å². The van der Waals surface area contributed by atoms with Crippen molar-refractivity contribution >= 4 is 0 Å². The summed E-state index contributed by atoms with van der Waals surface area (Å²) in [6.45, 7) is 2.86. The summed E-state index contributed by atoms with van der Waals surface area (Å²) in [7, 11) is 0. The molecule has 0 atom stereocenters. The van der Waals surface area contributed by atoms with Gasteiger partial charge in [-0.15, -0.1) is 0 Å². The molecule has 33 heavy (non-hydrogen) atoms. The van der Waals surface area contributed by atoms with Crippen LogP contribution in [0.5, 0.6) is 5.75 Å². The Labute approximate surface area is 202 Å². The molecule has 0 aliphatic heterocycles. The number of aryl methyl sites for hydroxylation is 1. The molecule has 0 bridgehead atoms. The van der Waals surface area contributed by atoms with Crippen LogP contribution in [-0.4, -0.2) is 6.61 Å². The first-order valence-corrected chi connectivity index (χ1v) is 13.8. The van der Waals surface area contributed by atoms with Crippen molar-refractivity contribution in [2.24, 2.45) is 5.92 Å². The van der Waals surface area contributed by atoms with Crippen molar-refractivity contribution in [3.05, 3.63) is 53.8 Å². The molecule has 1 fully saturated rings. The van der Waals surface area contributed by atoms with Crippen molar-refractivity contribution in [1.82, 2.24) is 0 Å². The van der Waals surface area contributed by atoms with Gasteiger partial charge in [0.05, 0.1) is 6.61 Å². The SMILES string of the molecule is CCCCCCCCCCCOc1ccc(-c2ccc(CCC3CCCCC3)cc2)cc1F. The lowest BCUT2D eigenvalue weighted by molar-refractivity contribution is 0.290. The van der Waals surface area contributed by atoms with Gasteiger partial charge >= 0.3 is 0 Å². The maximum absolute atomic E-state index is 14.6. The van der Waals surface area contributed by atoms with Crippen molar-refractivity contribution < 1.29 is 9.13 Å². The van der Waals surface area contributed by atoms with Crippen molar-refractivity contribution in [3.63, 3.8) is 0 Å². The first-order valence-electron chi connectivity index (χ1n) is 13.8. The van der Waals surface area contributed by atoms with Crippen LogP contribution in [0.15, 0.2) is 42.5 Å². The molecule has 1 nitrogen and oxygen atoms in total. The minimum atomic E-state index is -0.259. The van der Waals surface area contributed by atoms with E-state index in [2.05, 4.69) is 31.2 Å². The van der Waals surface area contributed by atoms with E-state index in [-0.39, 0.29) is 5.82 Å². The summed E-state index contributed by atoms with van der Waals surface area (Å²) in [5.41, 5.74) is 3.38. The molecule has 1 saturated carbocycles. The van der Waals surface area contributed by atoms with E-state index in [9.17, 15) is 4.39 Å². The third-order valence-corrected chi connectivity index (χ3v) is 7.29. The predicted octanol–water partition coefficient (Wildman–Crippen LogP) is 9.92. The summed E-state index contributed by atoms with van der Waals surface area (Å²) in [4.78, 5) is 0. The van der Waals surface area contributed by atoms with E-state index in [1.165, 1.54) is 95.5 Å². The monoisotopic (exact) mass is 452 g/mol. The Bertz CT molecular complexity index is 776. The summed E-state index contributed by atoms with van der Waals surface area (Å²) in [6.07, 6.45) is 21.0. The summed E-state index contributed by atoms with van der Waals surface area (Å²) >= 11 is 0. The maximum atomic E-state index is 14.6. The van der Waals surface area contributed by atoms with Gasteiger partial charge in [0.2, 0.25) is 0 Å². The topological polar surface area (TPSA) is 9.23 Å². The van der Waals surface area contributed by atoms with Crippen LogP contribution in [0.3, 0.4) is 0 Å². The van der Waals surface area contributed by atoms with E-state index in [0.717, 1.165) is 29.9 Å². The summed E-state index contributed by atoms with van der Waals surface area (Å²) < 4.78 is 20.3. The van der Waals surface area contributed by atoms with Gasteiger partial charge in [-0.25, -0.2) is 4.39 Å². The number of hydrogen-bond acceptors (Lipinski definition) is 1. The van der Waals surface area contributed by atoms with Crippen LogP contribution in [0.4, 0.5) is 4.39 Å². The Kier molecular flexibility index (Phi) is 11.8. The van der Waals surface area contributed by atoms with Crippen LogP contribution in [-0.2, 0) is 6.42 Å². The lowest BCUT2D eigenvalue weighted by Crippen LogP contribution is -2.07. The molecule has 0 heterocycles. The lowest BCUT2D eigenvalue weighted by Gasteiger charge is -2.21. The Balaban J connectivity index is 1.36. The molecule has 1 aliphatic carbocycles. The Morgan fingerprint density at radius 3 is 2.06 bits per heavy atom. The third-order valence-electron chi connectivity index (χ3n) is 7.29. The number of unbranched alkanes of at least 4 members (excludes halogenated alkanes) is 8. The molecule has 182 valence electrons. The van der Waals surface area contributed by atoms with Gasteiger partial charge in [0.1, 0.15) is 0 Å². The van der Waals surface area contributed by atoms with E-state index in [1.54, 1.807) is 12.1 Å². The molecule has 0 unspecified atom stereocenters. The lowest BCUT2D eigenvalue weighted by atomic mass is 9.85. The fourth-order valence-electron chi connectivity index (χ4n) is 5.10. The zero-order chi connectivity index (χ0) is 23.1. The van der Waals surface area contributed by atoms with Gasteiger partial charge in [0, 0.05) is 0 Å². The second kappa shape index (κ2) is 15.1. The highest BCUT2D eigenvalue weighted by Crippen LogP contribution is 2.29. The minimum absolute atomic E-state index is 0.259. The Morgan fingerprint density at radius 1 is 0.758 bits per heavy atom. The molecule has 2 aromatic rings. The second-order valence-corrected chi connectivity index (χ2v) is 10.1. The molecule has 0 amide bonds. The van der Waals surface area contributed by atoms with Crippen LogP contribution in [0.25, 0.3) is 11.1 Å². The fraction of sp³-hybridized carbons (Fsp3) is 0.613. The van der Waals surface area contributed by atoms with Gasteiger partial charge in [0.25, 0.3) is 0 Å². The average Bonchev–Trinajstić information content (AvgIpc) is 2.85. The fourth-order valence-corrected chi connectivity index (χ4v) is 5.10. The van der Waals surface area contributed by atoms with Crippen LogP contribution in [0.2, 0.25) is 0 Å². The standard InChI is InChI=1S/C31H45FO/c1-2-3-4-5-6-7-8-9-13-24-33-31-23-22-29(25-30(31)32)28-20-18-27(19-21-28)17-16-26-14-11-10-12-15-26/h18-23,25-26H,2-17,24H2,1H3. The van der Waals surface area contributed by atoms with Gasteiger partial charge in [-0.2, -0.15) is 0 Å². The molecular formula is C31H45FO. The van der Waals surface area contributed by atoms with Gasteiger partial charge in [0.15, 0.2) is 11.6 Å². The van der Waals surface area contributed by atoms with E-state index in [0.29, 0.717) is 12.4 Å². The van der Waals surface area contributed by atoms with Crippen LogP contribution >= 0.6 is 0 Å². The highest BCUT2D eigenvalue weighted by Gasteiger charge is 2.13.